The minimum atomic E-state index is -1.10. The molecule has 0 saturated carbocycles. The largest absolute Gasteiger partial charge is 0.480 e. The Labute approximate surface area is 122 Å². The van der Waals surface area contributed by atoms with E-state index < -0.39 is 12.0 Å². The summed E-state index contributed by atoms with van der Waals surface area (Å²) in [6, 6.07) is 7.85. The molecule has 0 bridgehead atoms. The Morgan fingerprint density at radius 3 is 2.52 bits per heavy atom. The van der Waals surface area contributed by atoms with Gasteiger partial charge in [-0.25, -0.2) is 0 Å². The van der Waals surface area contributed by atoms with Gasteiger partial charge in [0, 0.05) is 12.2 Å². The number of carbonyl (C=O) groups is 2. The van der Waals surface area contributed by atoms with E-state index in [4.69, 9.17) is 14.9 Å². The Kier molecular flexibility index (Phi) is 8.03. The number of ether oxygens (including phenoxy) is 1. The summed E-state index contributed by atoms with van der Waals surface area (Å²) in [6.07, 6.45) is -0.176. The zero-order valence-corrected chi connectivity index (χ0v) is 11.6. The topological polar surface area (TPSA) is 108 Å². The standard InChI is InChI=1S/C14H20N2O5/c17-7-9-21-8-6-15-12(14(19)20)10-13(18)16-11-4-2-1-3-5-11/h1-5,12,15,17H,6-10H2,(H,16,18)(H,19,20). The SMILES string of the molecule is O=C(CC(NCCOCCO)C(=O)O)Nc1ccccc1. The number of hydrogen-bond acceptors (Lipinski definition) is 5. The van der Waals surface area contributed by atoms with Crippen molar-refractivity contribution in [3.8, 4) is 0 Å². The van der Waals surface area contributed by atoms with Crippen LogP contribution in [0.15, 0.2) is 30.3 Å². The molecule has 0 aliphatic rings. The van der Waals surface area contributed by atoms with Gasteiger partial charge in [-0.05, 0) is 12.1 Å². The normalized spacial score (nSPS) is 11.9. The van der Waals surface area contributed by atoms with Crippen molar-refractivity contribution in [2.24, 2.45) is 0 Å². The van der Waals surface area contributed by atoms with Gasteiger partial charge in [0.1, 0.15) is 6.04 Å². The van der Waals surface area contributed by atoms with E-state index in [9.17, 15) is 9.59 Å². The van der Waals surface area contributed by atoms with Crippen molar-refractivity contribution < 1.29 is 24.5 Å². The van der Waals surface area contributed by atoms with Gasteiger partial charge in [0.2, 0.25) is 5.91 Å². The third-order valence-electron chi connectivity index (χ3n) is 2.62. The van der Waals surface area contributed by atoms with Crippen LogP contribution >= 0.6 is 0 Å². The molecule has 0 spiro atoms. The fraction of sp³-hybridized carbons (Fsp3) is 0.429. The monoisotopic (exact) mass is 296 g/mol. The number of para-hydroxylation sites is 1. The lowest BCUT2D eigenvalue weighted by atomic mass is 10.2. The molecule has 0 radical (unpaired) electrons. The summed E-state index contributed by atoms with van der Waals surface area (Å²) in [5, 5.41) is 23.0. The fourth-order valence-electron chi connectivity index (χ4n) is 1.64. The number of benzene rings is 1. The van der Waals surface area contributed by atoms with Crippen LogP contribution in [0, 0.1) is 0 Å². The predicted octanol–water partition coefficient (Wildman–Crippen LogP) is 0.0669. The third kappa shape index (κ3) is 7.40. The summed E-state index contributed by atoms with van der Waals surface area (Å²) in [5.74, 6) is -1.47. The molecule has 7 heteroatoms. The number of carboxylic acid groups (broad SMARTS) is 1. The first-order valence-corrected chi connectivity index (χ1v) is 6.63. The quantitative estimate of drug-likeness (QED) is 0.455. The Bertz CT molecular complexity index is 438. The highest BCUT2D eigenvalue weighted by Gasteiger charge is 2.20. The van der Waals surface area contributed by atoms with Crippen LogP contribution in [0.5, 0.6) is 0 Å². The van der Waals surface area contributed by atoms with Crippen molar-refractivity contribution in [3.63, 3.8) is 0 Å². The minimum absolute atomic E-state index is 0.0815. The Balaban J connectivity index is 2.36. The van der Waals surface area contributed by atoms with Gasteiger partial charge < -0.3 is 25.6 Å². The maximum absolute atomic E-state index is 11.8. The number of aliphatic carboxylic acids is 1. The van der Waals surface area contributed by atoms with Crippen molar-refractivity contribution in [2.75, 3.05) is 31.7 Å². The van der Waals surface area contributed by atoms with E-state index in [1.807, 2.05) is 6.07 Å². The lowest BCUT2D eigenvalue weighted by Gasteiger charge is -2.14. The highest BCUT2D eigenvalue weighted by molar-refractivity contribution is 5.93. The second-order valence-electron chi connectivity index (χ2n) is 4.30. The number of nitrogens with one attached hydrogen (secondary N) is 2. The molecule has 21 heavy (non-hydrogen) atoms. The molecule has 1 atom stereocenters. The fourth-order valence-corrected chi connectivity index (χ4v) is 1.64. The zero-order chi connectivity index (χ0) is 15.5. The molecule has 1 amide bonds. The van der Waals surface area contributed by atoms with Gasteiger partial charge in [0.05, 0.1) is 26.2 Å². The van der Waals surface area contributed by atoms with E-state index >= 15 is 0 Å². The maximum Gasteiger partial charge on any atom is 0.321 e. The van der Waals surface area contributed by atoms with Crippen LogP contribution in [0.3, 0.4) is 0 Å². The molecule has 0 fully saturated rings. The van der Waals surface area contributed by atoms with Crippen molar-refractivity contribution in [3.05, 3.63) is 30.3 Å². The number of aliphatic hydroxyl groups is 1. The number of hydrogen-bond donors (Lipinski definition) is 4. The summed E-state index contributed by atoms with van der Waals surface area (Å²) in [4.78, 5) is 22.9. The predicted molar refractivity (Wildman–Crippen MR) is 77.0 cm³/mol. The van der Waals surface area contributed by atoms with E-state index in [0.29, 0.717) is 5.69 Å². The summed E-state index contributed by atoms with van der Waals surface area (Å²) < 4.78 is 5.01. The molecule has 1 rings (SSSR count). The van der Waals surface area contributed by atoms with Crippen LogP contribution in [0.2, 0.25) is 0 Å². The number of aliphatic hydroxyl groups excluding tert-OH is 1. The number of carboxylic acids is 1. The lowest BCUT2D eigenvalue weighted by molar-refractivity contribution is -0.141. The van der Waals surface area contributed by atoms with E-state index in [1.54, 1.807) is 24.3 Å². The van der Waals surface area contributed by atoms with Crippen LogP contribution in [-0.4, -0.2) is 54.5 Å². The second-order valence-corrected chi connectivity index (χ2v) is 4.30. The smallest absolute Gasteiger partial charge is 0.321 e. The zero-order valence-electron chi connectivity index (χ0n) is 11.6. The average molecular weight is 296 g/mol. The first-order chi connectivity index (χ1) is 10.1. The third-order valence-corrected chi connectivity index (χ3v) is 2.62. The number of amides is 1. The van der Waals surface area contributed by atoms with Gasteiger partial charge in [0.15, 0.2) is 0 Å². The molecule has 0 saturated heterocycles. The summed E-state index contributed by atoms with van der Waals surface area (Å²) in [7, 11) is 0. The molecule has 0 aromatic heterocycles. The molecule has 0 aliphatic carbocycles. The lowest BCUT2D eigenvalue weighted by Crippen LogP contribution is -2.41. The van der Waals surface area contributed by atoms with Crippen LogP contribution < -0.4 is 10.6 Å². The van der Waals surface area contributed by atoms with Gasteiger partial charge in [0.25, 0.3) is 0 Å². The Hall–Kier alpha value is -1.96. The minimum Gasteiger partial charge on any atom is -0.480 e. The first kappa shape index (κ1) is 17.1. The van der Waals surface area contributed by atoms with Gasteiger partial charge in [-0.15, -0.1) is 0 Å². The molecule has 1 aromatic rings. The molecule has 116 valence electrons. The van der Waals surface area contributed by atoms with E-state index in [1.165, 1.54) is 0 Å². The highest BCUT2D eigenvalue weighted by Crippen LogP contribution is 2.06. The molecule has 1 aromatic carbocycles. The summed E-state index contributed by atoms with van der Waals surface area (Å²) in [6.45, 7) is 0.677. The van der Waals surface area contributed by atoms with E-state index in [-0.39, 0.29) is 38.7 Å². The summed E-state index contributed by atoms with van der Waals surface area (Å²) in [5.41, 5.74) is 0.623. The molecular formula is C14H20N2O5. The Morgan fingerprint density at radius 2 is 1.90 bits per heavy atom. The van der Waals surface area contributed by atoms with Gasteiger partial charge in [-0.2, -0.15) is 0 Å². The molecular weight excluding hydrogens is 276 g/mol. The molecule has 1 unspecified atom stereocenters. The number of rotatable bonds is 10. The van der Waals surface area contributed by atoms with Crippen LogP contribution in [0.4, 0.5) is 5.69 Å². The van der Waals surface area contributed by atoms with E-state index in [0.717, 1.165) is 0 Å². The summed E-state index contributed by atoms with van der Waals surface area (Å²) >= 11 is 0. The van der Waals surface area contributed by atoms with Crippen LogP contribution in [-0.2, 0) is 14.3 Å². The van der Waals surface area contributed by atoms with Gasteiger partial charge in [-0.1, -0.05) is 18.2 Å². The number of carbonyl (C=O) groups excluding carboxylic acids is 1. The van der Waals surface area contributed by atoms with Gasteiger partial charge >= 0.3 is 5.97 Å². The second kappa shape index (κ2) is 9.87. The first-order valence-electron chi connectivity index (χ1n) is 6.63. The molecule has 7 nitrogen and oxygen atoms in total. The highest BCUT2D eigenvalue weighted by atomic mass is 16.5. The van der Waals surface area contributed by atoms with Crippen molar-refractivity contribution >= 4 is 17.6 Å². The maximum atomic E-state index is 11.8. The molecule has 0 heterocycles. The number of anilines is 1. The van der Waals surface area contributed by atoms with Crippen molar-refractivity contribution in [1.82, 2.24) is 5.32 Å². The molecule has 4 N–H and O–H groups in total. The van der Waals surface area contributed by atoms with Crippen LogP contribution in [0.1, 0.15) is 6.42 Å². The van der Waals surface area contributed by atoms with E-state index in [2.05, 4.69) is 10.6 Å². The molecule has 0 aliphatic heterocycles. The average Bonchev–Trinajstić information content (AvgIpc) is 2.46. The van der Waals surface area contributed by atoms with Crippen molar-refractivity contribution in [1.29, 1.82) is 0 Å². The van der Waals surface area contributed by atoms with Crippen LogP contribution in [0.25, 0.3) is 0 Å². The Morgan fingerprint density at radius 1 is 1.19 bits per heavy atom. The van der Waals surface area contributed by atoms with Gasteiger partial charge in [-0.3, -0.25) is 9.59 Å². The van der Waals surface area contributed by atoms with Crippen molar-refractivity contribution in [2.45, 2.75) is 12.5 Å².